The van der Waals surface area contributed by atoms with E-state index in [0.29, 0.717) is 30.1 Å². The summed E-state index contributed by atoms with van der Waals surface area (Å²) in [6.45, 7) is 6.74. The van der Waals surface area contributed by atoms with Crippen molar-refractivity contribution in [3.63, 3.8) is 0 Å². The van der Waals surface area contributed by atoms with Crippen LogP contribution in [0.2, 0.25) is 0 Å². The first-order chi connectivity index (χ1) is 10.3. The zero-order valence-corrected chi connectivity index (χ0v) is 14.0. The van der Waals surface area contributed by atoms with Gasteiger partial charge in [0.1, 0.15) is 11.4 Å². The molecule has 2 saturated carbocycles. The van der Waals surface area contributed by atoms with Crippen LogP contribution in [0.5, 0.6) is 0 Å². The topological polar surface area (TPSA) is 46.5 Å². The van der Waals surface area contributed by atoms with Crippen molar-refractivity contribution >= 4 is 5.78 Å². The summed E-state index contributed by atoms with van der Waals surface area (Å²) < 4.78 is 6.37. The summed E-state index contributed by atoms with van der Waals surface area (Å²) in [5, 5.41) is 10.5. The van der Waals surface area contributed by atoms with E-state index in [1.165, 1.54) is 0 Å². The van der Waals surface area contributed by atoms with Crippen LogP contribution in [0.1, 0.15) is 59.3 Å². The molecule has 4 aliphatic rings. The van der Waals surface area contributed by atoms with E-state index in [4.69, 9.17) is 4.74 Å². The molecule has 122 valence electrons. The molecule has 0 unspecified atom stereocenters. The molecule has 0 aromatic heterocycles. The van der Waals surface area contributed by atoms with Gasteiger partial charge in [-0.3, -0.25) is 4.79 Å². The van der Waals surface area contributed by atoms with E-state index in [1.807, 2.05) is 0 Å². The van der Waals surface area contributed by atoms with Gasteiger partial charge < -0.3 is 9.84 Å². The van der Waals surface area contributed by atoms with Gasteiger partial charge >= 0.3 is 0 Å². The Morgan fingerprint density at radius 2 is 1.95 bits per heavy atom. The van der Waals surface area contributed by atoms with Crippen molar-refractivity contribution in [2.24, 2.45) is 29.1 Å². The second-order valence-electron chi connectivity index (χ2n) is 8.64. The van der Waals surface area contributed by atoms with E-state index in [1.54, 1.807) is 6.08 Å². The van der Waals surface area contributed by atoms with Crippen molar-refractivity contribution in [1.29, 1.82) is 0 Å². The molecule has 3 nitrogen and oxygen atoms in total. The Hall–Kier alpha value is -0.830. The van der Waals surface area contributed by atoms with Gasteiger partial charge in [-0.25, -0.2) is 0 Å². The number of aliphatic hydroxyl groups excluding tert-OH is 1. The number of allylic oxidation sites excluding steroid dienone is 2. The number of rotatable bonds is 0. The molecule has 2 aliphatic heterocycles. The average molecular weight is 304 g/mol. The van der Waals surface area contributed by atoms with Crippen LogP contribution in [-0.2, 0) is 9.53 Å². The highest BCUT2D eigenvalue weighted by molar-refractivity contribution is 5.90. The third kappa shape index (κ3) is 1.81. The summed E-state index contributed by atoms with van der Waals surface area (Å²) in [6.07, 6.45) is 7.34. The number of aliphatic hydroxyl groups is 1. The molecule has 4 rings (SSSR count). The van der Waals surface area contributed by atoms with Gasteiger partial charge in [0.05, 0.1) is 6.10 Å². The van der Waals surface area contributed by atoms with Crippen LogP contribution < -0.4 is 0 Å². The van der Waals surface area contributed by atoms with Gasteiger partial charge in [-0.1, -0.05) is 13.8 Å². The normalized spacial score (nSPS) is 53.9. The smallest absolute Gasteiger partial charge is 0.159 e. The Labute approximate surface area is 133 Å². The third-order valence-corrected chi connectivity index (χ3v) is 7.62. The highest BCUT2D eigenvalue weighted by Gasteiger charge is 2.61. The number of hydrogen-bond acceptors (Lipinski definition) is 3. The first-order valence-corrected chi connectivity index (χ1v) is 8.97. The third-order valence-electron chi connectivity index (χ3n) is 7.62. The van der Waals surface area contributed by atoms with Gasteiger partial charge in [-0.15, -0.1) is 0 Å². The zero-order valence-electron chi connectivity index (χ0n) is 14.0. The molecule has 2 aliphatic carbocycles. The van der Waals surface area contributed by atoms with Crippen molar-refractivity contribution in [3.05, 3.63) is 11.8 Å². The molecular formula is C19H28O3. The molecular weight excluding hydrogens is 276 g/mol. The van der Waals surface area contributed by atoms with Gasteiger partial charge in [-0.2, -0.15) is 0 Å². The minimum absolute atomic E-state index is 0.0663. The number of ether oxygens (including phenoxy) is 1. The molecule has 22 heavy (non-hydrogen) atoms. The van der Waals surface area contributed by atoms with E-state index < -0.39 is 0 Å². The zero-order chi connectivity index (χ0) is 15.7. The van der Waals surface area contributed by atoms with Crippen molar-refractivity contribution in [2.45, 2.75) is 71.0 Å². The molecule has 7 atom stereocenters. The van der Waals surface area contributed by atoms with E-state index in [9.17, 15) is 9.90 Å². The van der Waals surface area contributed by atoms with Crippen molar-refractivity contribution in [1.82, 2.24) is 0 Å². The van der Waals surface area contributed by atoms with Crippen molar-refractivity contribution in [3.8, 4) is 0 Å². The average Bonchev–Trinajstić information content (AvgIpc) is 2.69. The number of ketones is 1. The maximum Gasteiger partial charge on any atom is 0.159 e. The monoisotopic (exact) mass is 304 g/mol. The molecule has 3 heteroatoms. The van der Waals surface area contributed by atoms with E-state index in [-0.39, 0.29) is 22.9 Å². The van der Waals surface area contributed by atoms with Gasteiger partial charge in [0.25, 0.3) is 0 Å². The summed E-state index contributed by atoms with van der Waals surface area (Å²) in [5.74, 6) is 3.07. The van der Waals surface area contributed by atoms with Crippen LogP contribution in [0.15, 0.2) is 11.8 Å². The quantitative estimate of drug-likeness (QED) is 0.745. The summed E-state index contributed by atoms with van der Waals surface area (Å²) in [7, 11) is 0. The van der Waals surface area contributed by atoms with Crippen LogP contribution in [0.4, 0.5) is 0 Å². The lowest BCUT2D eigenvalue weighted by atomic mass is 9.52. The molecule has 0 aromatic carbocycles. The van der Waals surface area contributed by atoms with E-state index in [2.05, 4.69) is 20.8 Å². The first-order valence-electron chi connectivity index (χ1n) is 8.97. The standard InChI is InChI=1S/C19H28O3/c1-11-15-10-12(20)6-9-19(3,22-15)14-7-8-18(2)13(17(11)14)4-5-16(18)21/h10-11,13-14,16-17,21H,4-9H2,1-3H3/t11-,13+,14+,16+,17-,18-,19+/m1/s1. The Morgan fingerprint density at radius 1 is 1.18 bits per heavy atom. The summed E-state index contributed by atoms with van der Waals surface area (Å²) >= 11 is 0. The van der Waals surface area contributed by atoms with Gasteiger partial charge in [0.2, 0.25) is 0 Å². The van der Waals surface area contributed by atoms with Crippen LogP contribution >= 0.6 is 0 Å². The summed E-state index contributed by atoms with van der Waals surface area (Å²) in [5.41, 5.74) is -0.124. The van der Waals surface area contributed by atoms with Crippen LogP contribution in [0, 0.1) is 29.1 Å². The minimum Gasteiger partial charge on any atom is -0.491 e. The first kappa shape index (κ1) is 14.7. The molecule has 2 bridgehead atoms. The van der Waals surface area contributed by atoms with Crippen LogP contribution in [0.25, 0.3) is 0 Å². The molecule has 1 N–H and O–H groups in total. The predicted molar refractivity (Wildman–Crippen MR) is 84.0 cm³/mol. The van der Waals surface area contributed by atoms with Gasteiger partial charge in [-0.05, 0) is 56.3 Å². The molecule has 0 amide bonds. The second-order valence-corrected chi connectivity index (χ2v) is 8.64. The van der Waals surface area contributed by atoms with Gasteiger partial charge in [0, 0.05) is 24.3 Å². The lowest BCUT2D eigenvalue weighted by Crippen LogP contribution is -2.56. The number of carbonyl (C=O) groups excluding carboxylic acids is 1. The second kappa shape index (κ2) is 4.59. The molecule has 2 heterocycles. The highest BCUT2D eigenvalue weighted by atomic mass is 16.5. The van der Waals surface area contributed by atoms with Gasteiger partial charge in [0.15, 0.2) is 5.78 Å². The number of carbonyl (C=O) groups is 1. The van der Waals surface area contributed by atoms with Crippen LogP contribution in [0.3, 0.4) is 0 Å². The van der Waals surface area contributed by atoms with Crippen LogP contribution in [-0.4, -0.2) is 22.6 Å². The number of fused-ring (bicyclic) bond motifs is 6. The highest BCUT2D eigenvalue weighted by Crippen LogP contribution is 2.63. The Morgan fingerprint density at radius 3 is 2.73 bits per heavy atom. The molecule has 0 aromatic rings. The SMILES string of the molecule is C[C@@H]1C2=CC(=O)CC[C@](C)(O2)[C@H]2CC[C@@]3(C)[C@@H](O)CC[C@H]3[C@@H]12. The lowest BCUT2D eigenvalue weighted by Gasteiger charge is -2.58. The Balaban J connectivity index is 1.78. The fourth-order valence-electron chi connectivity index (χ4n) is 6.20. The van der Waals surface area contributed by atoms with Crippen molar-refractivity contribution in [2.75, 3.05) is 0 Å². The Bertz CT molecular complexity index is 539. The maximum absolute atomic E-state index is 12.1. The Kier molecular flexibility index (Phi) is 3.08. The number of hydrogen-bond donors (Lipinski definition) is 1. The van der Waals surface area contributed by atoms with E-state index in [0.717, 1.165) is 37.9 Å². The largest absolute Gasteiger partial charge is 0.491 e. The molecule has 3 fully saturated rings. The van der Waals surface area contributed by atoms with E-state index >= 15 is 0 Å². The predicted octanol–water partition coefficient (Wildman–Crippen LogP) is 3.46. The summed E-state index contributed by atoms with van der Waals surface area (Å²) in [6, 6.07) is 0. The fraction of sp³-hybridized carbons (Fsp3) is 0.842. The lowest BCUT2D eigenvalue weighted by molar-refractivity contribution is -0.168. The molecule has 0 radical (unpaired) electrons. The minimum atomic E-state index is -0.190. The molecule has 1 saturated heterocycles. The van der Waals surface area contributed by atoms with Crippen molar-refractivity contribution < 1.29 is 14.6 Å². The maximum atomic E-state index is 12.1. The summed E-state index contributed by atoms with van der Waals surface area (Å²) in [4.78, 5) is 12.1. The molecule has 0 spiro atoms. The fourth-order valence-corrected chi connectivity index (χ4v) is 6.20.